The van der Waals surface area contributed by atoms with E-state index in [2.05, 4.69) is 50.8 Å². The van der Waals surface area contributed by atoms with Crippen molar-refractivity contribution in [2.75, 3.05) is 0 Å². The van der Waals surface area contributed by atoms with Crippen LogP contribution in [-0.4, -0.2) is 14.1 Å². The van der Waals surface area contributed by atoms with E-state index in [9.17, 15) is 0 Å². The van der Waals surface area contributed by atoms with Crippen molar-refractivity contribution in [3.8, 4) is 28.6 Å². The van der Waals surface area contributed by atoms with Crippen LogP contribution in [0.4, 0.5) is 0 Å². The molecule has 0 fully saturated rings. The molecule has 158 valence electrons. The summed E-state index contributed by atoms with van der Waals surface area (Å²) in [6.07, 6.45) is 8.95. The lowest BCUT2D eigenvalue weighted by Crippen LogP contribution is -2.29. The van der Waals surface area contributed by atoms with Crippen molar-refractivity contribution in [2.24, 2.45) is 0 Å². The minimum Gasteiger partial charge on any atom is -0.458 e. The lowest BCUT2D eigenvalue weighted by molar-refractivity contribution is -0.572. The molecule has 0 saturated heterocycles. The molecule has 4 aromatic carbocycles. The first kappa shape index (κ1) is 19.1. The molecule has 6 aromatic rings. The quantitative estimate of drug-likeness (QED) is 0.261. The Morgan fingerprint density at radius 1 is 0.727 bits per heavy atom. The number of nitrogens with zero attached hydrogens (tertiary/aromatic N) is 4. The highest BCUT2D eigenvalue weighted by molar-refractivity contribution is 5.74. The highest BCUT2D eigenvalue weighted by Crippen LogP contribution is 2.27. The third-order valence-corrected chi connectivity index (χ3v) is 5.51. The van der Waals surface area contributed by atoms with Gasteiger partial charge < -0.3 is 9.30 Å². The molecular weight excluding hydrogens is 408 g/mol. The molecular formula is C28H20N4O. The number of benzene rings is 4. The van der Waals surface area contributed by atoms with Crippen LogP contribution in [0, 0.1) is 6.33 Å². The average Bonchev–Trinajstić information content (AvgIpc) is 3.54. The molecule has 0 radical (unpaired) electrons. The smallest absolute Gasteiger partial charge is 0.269 e. The molecule has 0 amide bonds. The molecule has 0 aliphatic rings. The maximum atomic E-state index is 6.21. The van der Waals surface area contributed by atoms with Crippen molar-refractivity contribution in [2.45, 2.75) is 0 Å². The maximum Gasteiger partial charge on any atom is 0.269 e. The van der Waals surface area contributed by atoms with Gasteiger partial charge >= 0.3 is 0 Å². The van der Waals surface area contributed by atoms with Crippen LogP contribution in [-0.2, 0) is 0 Å². The first-order chi connectivity index (χ1) is 16.3. The van der Waals surface area contributed by atoms with Gasteiger partial charge in [0.2, 0.25) is 0 Å². The summed E-state index contributed by atoms with van der Waals surface area (Å²) < 4.78 is 12.3. The Morgan fingerprint density at radius 2 is 1.45 bits per heavy atom. The number of fused-ring (bicyclic) bond motifs is 1. The third kappa shape index (κ3) is 3.66. The molecule has 0 bridgehead atoms. The Hall–Kier alpha value is -4.64. The van der Waals surface area contributed by atoms with Crippen molar-refractivity contribution >= 4 is 11.0 Å². The molecule has 0 spiro atoms. The van der Waals surface area contributed by atoms with Crippen molar-refractivity contribution < 1.29 is 9.30 Å². The Morgan fingerprint density at radius 3 is 2.24 bits per heavy atom. The van der Waals surface area contributed by atoms with Crippen molar-refractivity contribution in [1.82, 2.24) is 14.1 Å². The SMILES string of the molecule is [c-]1n(-c2cccc(Oc3cccc(-n4ccnc4)c3)c2)c2ccccc2[n+]1-c1ccccc1. The number of aromatic nitrogens is 4. The third-order valence-electron chi connectivity index (χ3n) is 5.51. The van der Waals surface area contributed by atoms with E-state index in [1.54, 1.807) is 12.5 Å². The van der Waals surface area contributed by atoms with Gasteiger partial charge in [-0.3, -0.25) is 9.13 Å². The first-order valence-electron chi connectivity index (χ1n) is 10.7. The molecule has 0 saturated carbocycles. The number of hydrogen-bond acceptors (Lipinski definition) is 2. The molecule has 0 N–H and O–H groups in total. The molecule has 5 nitrogen and oxygen atoms in total. The topological polar surface area (TPSA) is 35.9 Å². The zero-order chi connectivity index (χ0) is 22.0. The summed E-state index contributed by atoms with van der Waals surface area (Å²) in [5, 5.41) is 0. The van der Waals surface area contributed by atoms with E-state index >= 15 is 0 Å². The lowest BCUT2D eigenvalue weighted by atomic mass is 10.2. The van der Waals surface area contributed by atoms with E-state index in [0.29, 0.717) is 0 Å². The summed E-state index contributed by atoms with van der Waals surface area (Å²) in [7, 11) is 0. The standard InChI is InChI=1S/C28H20N4O/c1-2-8-22(9-3-1)31-21-32(28-15-5-4-14-27(28)31)24-11-7-13-26(19-24)33-25-12-6-10-23(18-25)30-17-16-29-20-30/h1-20H. The highest BCUT2D eigenvalue weighted by Gasteiger charge is 2.12. The molecule has 0 atom stereocenters. The summed E-state index contributed by atoms with van der Waals surface area (Å²) in [6.45, 7) is 0. The monoisotopic (exact) mass is 428 g/mol. The van der Waals surface area contributed by atoms with E-state index < -0.39 is 0 Å². The molecule has 33 heavy (non-hydrogen) atoms. The second-order valence-electron chi connectivity index (χ2n) is 7.66. The molecule has 0 unspecified atom stereocenters. The van der Waals surface area contributed by atoms with Gasteiger partial charge in [-0.15, -0.1) is 0 Å². The van der Waals surface area contributed by atoms with Crippen LogP contribution in [0.25, 0.3) is 28.1 Å². The van der Waals surface area contributed by atoms with E-state index in [0.717, 1.165) is 39.6 Å². The van der Waals surface area contributed by atoms with Crippen LogP contribution in [0.3, 0.4) is 0 Å². The van der Waals surface area contributed by atoms with Crippen LogP contribution in [0.2, 0.25) is 0 Å². The molecule has 2 heterocycles. The van der Waals surface area contributed by atoms with E-state index in [1.165, 1.54) is 0 Å². The number of hydrogen-bond donors (Lipinski definition) is 0. The van der Waals surface area contributed by atoms with Gasteiger partial charge in [-0.1, -0.05) is 54.6 Å². The Balaban J connectivity index is 1.38. The summed E-state index contributed by atoms with van der Waals surface area (Å²) in [4.78, 5) is 4.12. The fourth-order valence-corrected chi connectivity index (χ4v) is 3.96. The zero-order valence-electron chi connectivity index (χ0n) is 17.7. The van der Waals surface area contributed by atoms with Crippen molar-refractivity contribution in [3.05, 3.63) is 128 Å². The van der Waals surface area contributed by atoms with Gasteiger partial charge in [0, 0.05) is 18.5 Å². The normalized spacial score (nSPS) is 11.0. The molecule has 5 heteroatoms. The van der Waals surface area contributed by atoms with Crippen LogP contribution in [0.15, 0.2) is 122 Å². The Kier molecular flexibility index (Phi) is 4.70. The summed E-state index contributed by atoms with van der Waals surface area (Å²) in [5.41, 5.74) is 5.19. The Labute approximate surface area is 191 Å². The van der Waals surface area contributed by atoms with Gasteiger partial charge in [-0.2, -0.15) is 0 Å². The minimum absolute atomic E-state index is 0.757. The van der Waals surface area contributed by atoms with E-state index in [1.807, 2.05) is 83.6 Å². The fourth-order valence-electron chi connectivity index (χ4n) is 3.96. The van der Waals surface area contributed by atoms with Gasteiger partial charge in [0.15, 0.2) is 0 Å². The van der Waals surface area contributed by atoms with Gasteiger partial charge in [0.25, 0.3) is 6.33 Å². The maximum absolute atomic E-state index is 6.21. The van der Waals surface area contributed by atoms with Crippen LogP contribution in [0.5, 0.6) is 11.5 Å². The summed E-state index contributed by atoms with van der Waals surface area (Å²) >= 11 is 0. The van der Waals surface area contributed by atoms with Gasteiger partial charge in [-0.25, -0.2) is 4.98 Å². The minimum atomic E-state index is 0.757. The largest absolute Gasteiger partial charge is 0.458 e. The molecule has 0 aliphatic carbocycles. The molecule has 0 aliphatic heterocycles. The van der Waals surface area contributed by atoms with Crippen molar-refractivity contribution in [3.63, 3.8) is 0 Å². The summed E-state index contributed by atoms with van der Waals surface area (Å²) in [5.74, 6) is 1.52. The number of para-hydroxylation sites is 3. The Bertz CT molecular complexity index is 1540. The second-order valence-corrected chi connectivity index (χ2v) is 7.66. The predicted molar refractivity (Wildman–Crippen MR) is 127 cm³/mol. The highest BCUT2D eigenvalue weighted by atomic mass is 16.5. The first-order valence-corrected chi connectivity index (χ1v) is 10.7. The summed E-state index contributed by atoms with van der Waals surface area (Å²) in [6, 6.07) is 34.6. The van der Waals surface area contributed by atoms with Gasteiger partial charge in [-0.05, 0) is 42.5 Å². The van der Waals surface area contributed by atoms with E-state index in [4.69, 9.17) is 4.74 Å². The average molecular weight is 428 g/mol. The fraction of sp³-hybridized carbons (Fsp3) is 0. The molecule has 6 rings (SSSR count). The van der Waals surface area contributed by atoms with E-state index in [-0.39, 0.29) is 0 Å². The lowest BCUT2D eigenvalue weighted by Gasteiger charge is -2.10. The van der Waals surface area contributed by atoms with Crippen molar-refractivity contribution in [1.29, 1.82) is 0 Å². The van der Waals surface area contributed by atoms with Crippen LogP contribution >= 0.6 is 0 Å². The number of imidazole rings is 2. The number of rotatable bonds is 5. The zero-order valence-corrected chi connectivity index (χ0v) is 17.7. The van der Waals surface area contributed by atoms with Crippen LogP contribution in [0.1, 0.15) is 0 Å². The predicted octanol–water partition coefficient (Wildman–Crippen LogP) is 5.69. The van der Waals surface area contributed by atoms with Crippen LogP contribution < -0.4 is 9.30 Å². The number of ether oxygens (including phenoxy) is 1. The van der Waals surface area contributed by atoms with Gasteiger partial charge in [0.1, 0.15) is 11.5 Å². The second kappa shape index (κ2) is 8.13. The van der Waals surface area contributed by atoms with Gasteiger partial charge in [0.05, 0.1) is 34.4 Å². The molecule has 2 aromatic heterocycles.